The molecule has 9 heteroatoms. The molecular formula is C23H28ClFN4O3. The fourth-order valence-electron chi connectivity index (χ4n) is 5.08. The Morgan fingerprint density at radius 2 is 2.06 bits per heavy atom. The largest absolute Gasteiger partial charge is 0.455 e. The lowest BCUT2D eigenvalue weighted by Gasteiger charge is -2.50. The van der Waals surface area contributed by atoms with E-state index in [1.54, 1.807) is 5.01 Å². The monoisotopic (exact) mass is 462 g/mol. The van der Waals surface area contributed by atoms with Crippen LogP contribution in [0.15, 0.2) is 42.3 Å². The van der Waals surface area contributed by atoms with Crippen molar-refractivity contribution in [1.29, 1.82) is 0 Å². The van der Waals surface area contributed by atoms with Crippen molar-refractivity contribution in [2.24, 2.45) is 11.7 Å². The first-order chi connectivity index (χ1) is 15.3. The third kappa shape index (κ3) is 4.21. The zero-order valence-electron chi connectivity index (χ0n) is 18.1. The number of nitrogens with two attached hydrogens (primary N) is 1. The minimum absolute atomic E-state index is 0.102. The smallest absolute Gasteiger partial charge is 0.266 e. The second-order valence-electron chi connectivity index (χ2n) is 8.63. The quantitative estimate of drug-likeness (QED) is 0.667. The van der Waals surface area contributed by atoms with Gasteiger partial charge in [-0.2, -0.15) is 0 Å². The molecule has 1 aromatic rings. The Bertz CT molecular complexity index is 942. The Kier molecular flexibility index (Phi) is 6.44. The van der Waals surface area contributed by atoms with E-state index in [2.05, 4.69) is 6.08 Å². The number of carbonyl (C=O) groups is 2. The average Bonchev–Trinajstić information content (AvgIpc) is 3.29. The highest BCUT2D eigenvalue weighted by molar-refractivity contribution is 6.32. The summed E-state index contributed by atoms with van der Waals surface area (Å²) in [6.45, 7) is 0.126. The van der Waals surface area contributed by atoms with Crippen LogP contribution in [0, 0.1) is 11.7 Å². The Morgan fingerprint density at radius 3 is 2.75 bits per heavy atom. The number of hydrogen-bond acceptors (Lipinski definition) is 5. The summed E-state index contributed by atoms with van der Waals surface area (Å²) in [7, 11) is 1.87. The van der Waals surface area contributed by atoms with Gasteiger partial charge < -0.3 is 10.5 Å². The third-order valence-corrected chi connectivity index (χ3v) is 6.86. The molecule has 2 aliphatic heterocycles. The van der Waals surface area contributed by atoms with Crippen molar-refractivity contribution in [3.05, 3.63) is 53.2 Å². The number of hydrogen-bond donors (Lipinski definition) is 1. The third-order valence-electron chi connectivity index (χ3n) is 6.56. The average molecular weight is 463 g/mol. The number of rotatable bonds is 7. The molecule has 1 atom stereocenters. The second-order valence-corrected chi connectivity index (χ2v) is 9.04. The predicted octanol–water partition coefficient (Wildman–Crippen LogP) is 3.76. The van der Waals surface area contributed by atoms with E-state index in [-0.39, 0.29) is 41.5 Å². The number of halogens is 2. The minimum Gasteiger partial charge on any atom is -0.455 e. The number of primary amides is 1. The lowest BCUT2D eigenvalue weighted by atomic mass is 9.72. The maximum absolute atomic E-state index is 14.2. The Hall–Kier alpha value is -2.58. The van der Waals surface area contributed by atoms with Crippen LogP contribution in [0.25, 0.3) is 0 Å². The van der Waals surface area contributed by atoms with Gasteiger partial charge in [0.2, 0.25) is 5.91 Å². The van der Waals surface area contributed by atoms with E-state index >= 15 is 0 Å². The van der Waals surface area contributed by atoms with Crippen LogP contribution in [-0.4, -0.2) is 46.1 Å². The summed E-state index contributed by atoms with van der Waals surface area (Å²) in [4.78, 5) is 24.7. The molecule has 32 heavy (non-hydrogen) atoms. The van der Waals surface area contributed by atoms with Crippen LogP contribution in [-0.2, 0) is 9.59 Å². The fourth-order valence-corrected chi connectivity index (χ4v) is 5.29. The van der Waals surface area contributed by atoms with Gasteiger partial charge in [-0.15, -0.1) is 5.12 Å². The highest BCUT2D eigenvalue weighted by Gasteiger charge is 2.51. The van der Waals surface area contributed by atoms with Gasteiger partial charge in [-0.05, 0) is 43.4 Å². The second kappa shape index (κ2) is 9.11. The number of para-hydroxylation sites is 1. The number of hydrazine groups is 2. The molecule has 0 bridgehead atoms. The maximum atomic E-state index is 14.2. The van der Waals surface area contributed by atoms with Crippen LogP contribution in [0.4, 0.5) is 4.39 Å². The van der Waals surface area contributed by atoms with Gasteiger partial charge in [-0.25, -0.2) is 9.40 Å². The van der Waals surface area contributed by atoms with Gasteiger partial charge in [-0.3, -0.25) is 14.6 Å². The summed E-state index contributed by atoms with van der Waals surface area (Å²) < 4.78 is 19.9. The van der Waals surface area contributed by atoms with Crippen molar-refractivity contribution in [3.8, 4) is 5.75 Å². The molecule has 0 spiro atoms. The molecular weight excluding hydrogens is 435 g/mol. The van der Waals surface area contributed by atoms with Gasteiger partial charge in [0.25, 0.3) is 5.91 Å². The normalized spacial score (nSPS) is 24.3. The number of ether oxygens (including phenoxy) is 1. The summed E-state index contributed by atoms with van der Waals surface area (Å²) in [6.07, 6.45) is 11.5. The van der Waals surface area contributed by atoms with Gasteiger partial charge in [0.15, 0.2) is 11.6 Å². The lowest BCUT2D eigenvalue weighted by molar-refractivity contribution is -0.206. The lowest BCUT2D eigenvalue weighted by Crippen LogP contribution is -2.62. The number of carbonyl (C=O) groups excluding carboxylic acids is 2. The zero-order chi connectivity index (χ0) is 22.9. The summed E-state index contributed by atoms with van der Waals surface area (Å²) >= 11 is 6.09. The first kappa shape index (κ1) is 22.6. The van der Waals surface area contributed by atoms with Crippen molar-refractivity contribution in [3.63, 3.8) is 0 Å². The fraction of sp³-hybridized carbons (Fsp3) is 0.478. The molecule has 7 nitrogen and oxygen atoms in total. The number of nitrogens with zero attached hydrogens (tertiary/aromatic N) is 3. The van der Waals surface area contributed by atoms with E-state index in [0.717, 1.165) is 25.7 Å². The molecule has 2 amide bonds. The van der Waals surface area contributed by atoms with E-state index in [1.807, 2.05) is 23.4 Å². The van der Waals surface area contributed by atoms with Crippen LogP contribution in [0.1, 0.15) is 44.9 Å². The SMILES string of the molecule is CN1C=C[C@](CCC(N)=O)(C2CCCCC2)N1N1CC(Oc2c(F)cccc2Cl)=CC1=O. The molecule has 2 heterocycles. The minimum atomic E-state index is -0.595. The summed E-state index contributed by atoms with van der Waals surface area (Å²) in [5.41, 5.74) is 4.96. The first-order valence-corrected chi connectivity index (χ1v) is 11.3. The highest BCUT2D eigenvalue weighted by atomic mass is 35.5. The zero-order valence-corrected chi connectivity index (χ0v) is 18.9. The van der Waals surface area contributed by atoms with E-state index in [9.17, 15) is 14.0 Å². The molecule has 0 unspecified atom stereocenters. The van der Waals surface area contributed by atoms with Crippen molar-refractivity contribution in [2.45, 2.75) is 50.5 Å². The molecule has 0 aromatic heterocycles. The highest BCUT2D eigenvalue weighted by Crippen LogP contribution is 2.45. The van der Waals surface area contributed by atoms with Crippen LogP contribution >= 0.6 is 11.6 Å². The van der Waals surface area contributed by atoms with Crippen LogP contribution < -0.4 is 10.5 Å². The van der Waals surface area contributed by atoms with E-state index in [4.69, 9.17) is 22.1 Å². The van der Waals surface area contributed by atoms with Crippen molar-refractivity contribution >= 4 is 23.4 Å². The predicted molar refractivity (Wildman–Crippen MR) is 118 cm³/mol. The molecule has 172 valence electrons. The maximum Gasteiger partial charge on any atom is 0.266 e. The molecule has 2 N–H and O–H groups in total. The van der Waals surface area contributed by atoms with Crippen LogP contribution in [0.3, 0.4) is 0 Å². The van der Waals surface area contributed by atoms with Gasteiger partial charge in [0, 0.05) is 25.7 Å². The summed E-state index contributed by atoms with van der Waals surface area (Å²) in [5, 5.41) is 5.50. The van der Waals surface area contributed by atoms with E-state index in [0.29, 0.717) is 12.2 Å². The van der Waals surface area contributed by atoms with Crippen LogP contribution in [0.2, 0.25) is 5.02 Å². The van der Waals surface area contributed by atoms with E-state index < -0.39 is 11.4 Å². The number of amides is 2. The molecule has 1 aromatic carbocycles. The Labute approximate surface area is 192 Å². The molecule has 1 aliphatic carbocycles. The van der Waals surface area contributed by atoms with Crippen molar-refractivity contribution in [2.75, 3.05) is 13.6 Å². The molecule has 1 saturated carbocycles. The van der Waals surface area contributed by atoms with Gasteiger partial charge >= 0.3 is 0 Å². The number of benzene rings is 1. The Morgan fingerprint density at radius 1 is 1.31 bits per heavy atom. The van der Waals surface area contributed by atoms with Gasteiger partial charge in [0.05, 0.1) is 17.1 Å². The first-order valence-electron chi connectivity index (χ1n) is 11.0. The summed E-state index contributed by atoms with van der Waals surface area (Å²) in [6, 6.07) is 4.28. The summed E-state index contributed by atoms with van der Waals surface area (Å²) in [5.74, 6) is -0.766. The van der Waals surface area contributed by atoms with Gasteiger partial charge in [0.1, 0.15) is 5.76 Å². The van der Waals surface area contributed by atoms with E-state index in [1.165, 1.54) is 30.7 Å². The standard InChI is InChI=1S/C23H28ClFN4O3/c1-27-13-12-23(11-10-20(26)30,16-6-3-2-4-7-16)29(27)28-15-17(14-21(28)31)32-22-18(24)8-5-9-19(22)25/h5,8-9,12-14,16H,2-4,6-7,10-11,15H2,1H3,(H2,26,30)/t23-/m1/s1. The topological polar surface area (TPSA) is 79.1 Å². The molecule has 0 radical (unpaired) electrons. The van der Waals surface area contributed by atoms with Gasteiger partial charge in [-0.1, -0.05) is 36.9 Å². The van der Waals surface area contributed by atoms with Crippen molar-refractivity contribution in [1.82, 2.24) is 15.1 Å². The molecule has 1 fully saturated rings. The Balaban J connectivity index is 1.60. The van der Waals surface area contributed by atoms with Crippen LogP contribution in [0.5, 0.6) is 5.75 Å². The van der Waals surface area contributed by atoms with Crippen molar-refractivity contribution < 1.29 is 18.7 Å². The molecule has 3 aliphatic rings. The molecule has 4 rings (SSSR count). The molecule has 0 saturated heterocycles.